The molecule has 14 heavy (non-hydrogen) atoms. The smallest absolute Gasteiger partial charge is 0.337 e. The third kappa shape index (κ3) is 2.21. The first-order valence-electron chi connectivity index (χ1n) is 4.37. The molecule has 0 saturated heterocycles. The Hall–Kier alpha value is -1.13. The number of hydrogen-bond acceptors (Lipinski definition) is 3. The molecule has 0 aromatic heterocycles. The molecule has 3 nitrogen and oxygen atoms in total. The van der Waals surface area contributed by atoms with Crippen molar-refractivity contribution in [1.82, 2.24) is 0 Å². The Kier molecular flexibility index (Phi) is 3.08. The lowest BCUT2D eigenvalue weighted by Crippen LogP contribution is -2.44. The molecule has 0 aliphatic rings. The molecular formula is C10H14O3Si. The molecule has 0 fully saturated rings. The molecule has 0 radical (unpaired) electrons. The zero-order valence-corrected chi connectivity index (χ0v) is 9.57. The summed E-state index contributed by atoms with van der Waals surface area (Å²) in [7, 11) is -1.12. The van der Waals surface area contributed by atoms with Gasteiger partial charge in [-0.2, -0.15) is 0 Å². The summed E-state index contributed by atoms with van der Waals surface area (Å²) in [5.41, 5.74) is 0.467. The molecule has 0 aliphatic heterocycles. The van der Waals surface area contributed by atoms with Crippen LogP contribution in [0.1, 0.15) is 10.4 Å². The second-order valence-electron chi connectivity index (χ2n) is 3.60. The van der Waals surface area contributed by atoms with Crippen LogP contribution >= 0.6 is 0 Å². The van der Waals surface area contributed by atoms with E-state index in [1.807, 2.05) is 6.07 Å². The van der Waals surface area contributed by atoms with Gasteiger partial charge in [0.05, 0.1) is 12.7 Å². The van der Waals surface area contributed by atoms with Crippen molar-refractivity contribution in [1.29, 1.82) is 0 Å². The van der Waals surface area contributed by atoms with Gasteiger partial charge in [-0.15, -0.1) is 0 Å². The number of ether oxygens (including phenoxy) is 1. The Morgan fingerprint density at radius 2 is 1.93 bits per heavy atom. The maximum Gasteiger partial charge on any atom is 0.337 e. The van der Waals surface area contributed by atoms with Gasteiger partial charge in [-0.05, 0) is 24.3 Å². The fourth-order valence-corrected chi connectivity index (χ4v) is 2.65. The Bertz CT molecular complexity index is 341. The van der Waals surface area contributed by atoms with Crippen LogP contribution in [0.5, 0.6) is 0 Å². The van der Waals surface area contributed by atoms with Crippen LogP contribution in [0.3, 0.4) is 0 Å². The summed E-state index contributed by atoms with van der Waals surface area (Å²) in [5, 5.41) is 0.715. The Balaban J connectivity index is 3.23. The van der Waals surface area contributed by atoms with Gasteiger partial charge in [0.1, 0.15) is 0 Å². The van der Waals surface area contributed by atoms with Crippen molar-refractivity contribution >= 4 is 19.5 Å². The first-order valence-corrected chi connectivity index (χ1v) is 7.31. The molecule has 1 rings (SSSR count). The summed E-state index contributed by atoms with van der Waals surface area (Å²) in [5.74, 6) is -0.393. The van der Waals surface area contributed by atoms with E-state index >= 15 is 0 Å². The fraction of sp³-hybridized carbons (Fsp3) is 0.300. The molecular weight excluding hydrogens is 196 g/mol. The van der Waals surface area contributed by atoms with Crippen molar-refractivity contribution in [2.24, 2.45) is 0 Å². The molecule has 0 spiro atoms. The highest BCUT2D eigenvalue weighted by molar-refractivity contribution is 6.84. The summed E-state index contributed by atoms with van der Waals surface area (Å²) in [6.07, 6.45) is 0. The first kappa shape index (κ1) is 10.9. The lowest BCUT2D eigenvalue weighted by Gasteiger charge is -2.17. The zero-order chi connectivity index (χ0) is 10.8. The highest BCUT2D eigenvalue weighted by Crippen LogP contribution is 2.05. The van der Waals surface area contributed by atoms with Crippen molar-refractivity contribution in [3.8, 4) is 0 Å². The van der Waals surface area contributed by atoms with Crippen molar-refractivity contribution < 1.29 is 14.3 Å². The Labute approximate surface area is 84.5 Å². The molecule has 0 heterocycles. The summed E-state index contributed by atoms with van der Waals surface area (Å²) >= 11 is 0. The molecule has 0 amide bonds. The van der Waals surface area contributed by atoms with Crippen LogP contribution in [-0.2, 0) is 4.74 Å². The minimum Gasteiger partial charge on any atom is -0.465 e. The van der Waals surface area contributed by atoms with E-state index in [1.165, 1.54) is 7.11 Å². The molecule has 0 bridgehead atoms. The number of hydrogen-bond donors (Lipinski definition) is 1. The van der Waals surface area contributed by atoms with Crippen molar-refractivity contribution in [3.63, 3.8) is 0 Å². The molecule has 0 aliphatic carbocycles. The largest absolute Gasteiger partial charge is 0.465 e. The van der Waals surface area contributed by atoms with Crippen molar-refractivity contribution in [2.45, 2.75) is 13.1 Å². The molecule has 0 unspecified atom stereocenters. The average molecular weight is 210 g/mol. The van der Waals surface area contributed by atoms with Crippen molar-refractivity contribution in [3.05, 3.63) is 29.8 Å². The van der Waals surface area contributed by atoms with Crippen molar-refractivity contribution in [2.75, 3.05) is 7.11 Å². The van der Waals surface area contributed by atoms with E-state index < -0.39 is 14.3 Å². The third-order valence-electron chi connectivity index (χ3n) is 1.99. The molecule has 1 N–H and O–H groups in total. The predicted octanol–water partition coefficient (Wildman–Crippen LogP) is 0.878. The zero-order valence-electron chi connectivity index (χ0n) is 8.57. The number of carbonyl (C=O) groups excluding carboxylic acids is 1. The number of rotatable bonds is 2. The lowest BCUT2D eigenvalue weighted by atomic mass is 10.2. The minimum absolute atomic E-state index is 0.393. The van der Waals surface area contributed by atoms with Gasteiger partial charge < -0.3 is 9.53 Å². The molecule has 1 aromatic carbocycles. The number of benzene rings is 1. The summed E-state index contributed by atoms with van der Waals surface area (Å²) in [6, 6.07) is 7.02. The SMILES string of the molecule is COC(=O)c1ccccc1[Si](C)(C)O. The minimum atomic E-state index is -2.46. The van der Waals surface area contributed by atoms with E-state index in [9.17, 15) is 9.59 Å². The van der Waals surface area contributed by atoms with E-state index in [1.54, 1.807) is 31.3 Å². The molecule has 4 heteroatoms. The Morgan fingerprint density at radius 3 is 2.43 bits per heavy atom. The summed E-state index contributed by atoms with van der Waals surface area (Å²) in [4.78, 5) is 21.3. The van der Waals surface area contributed by atoms with E-state index in [0.29, 0.717) is 10.8 Å². The maximum atomic E-state index is 11.4. The topological polar surface area (TPSA) is 46.5 Å². The third-order valence-corrected chi connectivity index (χ3v) is 3.75. The van der Waals surface area contributed by atoms with Crippen LogP contribution < -0.4 is 5.19 Å². The first-order chi connectivity index (χ1) is 6.46. The van der Waals surface area contributed by atoms with Crippen LogP contribution in [-0.4, -0.2) is 26.2 Å². The van der Waals surface area contributed by atoms with Gasteiger partial charge >= 0.3 is 5.97 Å². The maximum absolute atomic E-state index is 11.4. The highest BCUT2D eigenvalue weighted by atomic mass is 28.4. The molecule has 0 atom stereocenters. The van der Waals surface area contributed by atoms with E-state index in [0.717, 1.165) is 0 Å². The van der Waals surface area contributed by atoms with Crippen LogP contribution in [0.15, 0.2) is 24.3 Å². The fourth-order valence-electron chi connectivity index (χ4n) is 1.30. The quantitative estimate of drug-likeness (QED) is 0.582. The molecule has 76 valence electrons. The number of methoxy groups -OCH3 is 1. The van der Waals surface area contributed by atoms with Gasteiger partial charge in [-0.3, -0.25) is 0 Å². The van der Waals surface area contributed by atoms with Gasteiger partial charge in [0, 0.05) is 0 Å². The van der Waals surface area contributed by atoms with E-state index in [-0.39, 0.29) is 0 Å². The van der Waals surface area contributed by atoms with Crippen LogP contribution in [0.4, 0.5) is 0 Å². The normalized spacial score (nSPS) is 11.1. The predicted molar refractivity (Wildman–Crippen MR) is 57.1 cm³/mol. The van der Waals surface area contributed by atoms with Crippen LogP contribution in [0, 0.1) is 0 Å². The van der Waals surface area contributed by atoms with Gasteiger partial charge in [0.2, 0.25) is 8.32 Å². The van der Waals surface area contributed by atoms with Gasteiger partial charge in [0.25, 0.3) is 0 Å². The van der Waals surface area contributed by atoms with E-state index in [4.69, 9.17) is 0 Å². The molecule has 0 saturated carbocycles. The molecule has 1 aromatic rings. The van der Waals surface area contributed by atoms with Crippen LogP contribution in [0.25, 0.3) is 0 Å². The van der Waals surface area contributed by atoms with Gasteiger partial charge in [0.15, 0.2) is 0 Å². The van der Waals surface area contributed by atoms with Gasteiger partial charge in [-0.25, -0.2) is 4.79 Å². The average Bonchev–Trinajstić information content (AvgIpc) is 2.15. The second kappa shape index (κ2) is 3.94. The lowest BCUT2D eigenvalue weighted by molar-refractivity contribution is 0.0602. The summed E-state index contributed by atoms with van der Waals surface area (Å²) in [6.45, 7) is 3.55. The summed E-state index contributed by atoms with van der Waals surface area (Å²) < 4.78 is 4.64. The van der Waals surface area contributed by atoms with Gasteiger partial charge in [-0.1, -0.05) is 18.2 Å². The number of esters is 1. The second-order valence-corrected chi connectivity index (χ2v) is 7.25. The van der Waals surface area contributed by atoms with E-state index in [2.05, 4.69) is 4.74 Å². The standard InChI is InChI=1S/C10H14O3Si/c1-13-10(11)8-6-4-5-7-9(8)14(2,3)12/h4-7,12H,1-3H3. The number of carbonyl (C=O) groups is 1. The monoisotopic (exact) mass is 210 g/mol. The Morgan fingerprint density at radius 1 is 1.36 bits per heavy atom. The highest BCUT2D eigenvalue weighted by Gasteiger charge is 2.26. The van der Waals surface area contributed by atoms with Crippen LogP contribution in [0.2, 0.25) is 13.1 Å².